The molecule has 0 aliphatic rings. The molecule has 5 aromatic rings. The maximum Gasteiger partial charge on any atom is 0.329 e. The standard InChI is InChI=1S/C28H26N6O3/c1-19-8-6-7-11-22(19)17-34-24-25(33(2)28(36)31-26(24)35)30-27(34)32-29-16-20-12-14-23(15-13-20)37-18-21-9-4-3-5-10-21/h3-16H,17-18H2,1-2H3,(H,30,32)(H,31,35,36)/b29-16-. The van der Waals surface area contributed by atoms with Crippen molar-refractivity contribution in [3.8, 4) is 5.75 Å². The van der Waals surface area contributed by atoms with Crippen LogP contribution in [0.15, 0.2) is 93.6 Å². The number of fused-ring (bicyclic) bond motifs is 1. The van der Waals surface area contributed by atoms with Gasteiger partial charge in [-0.05, 0) is 53.4 Å². The molecule has 0 unspecified atom stereocenters. The van der Waals surface area contributed by atoms with E-state index in [1.165, 1.54) is 4.57 Å². The van der Waals surface area contributed by atoms with Crippen LogP contribution in [0.5, 0.6) is 5.75 Å². The first kappa shape index (κ1) is 23.8. The summed E-state index contributed by atoms with van der Waals surface area (Å²) >= 11 is 0. The molecule has 2 N–H and O–H groups in total. The molecule has 0 bridgehead atoms. The monoisotopic (exact) mass is 494 g/mol. The van der Waals surface area contributed by atoms with Crippen molar-refractivity contribution in [2.24, 2.45) is 12.1 Å². The fourth-order valence-electron chi connectivity index (χ4n) is 3.99. The van der Waals surface area contributed by atoms with Gasteiger partial charge in [0.1, 0.15) is 12.4 Å². The molecule has 9 heteroatoms. The molecule has 0 aliphatic heterocycles. The zero-order valence-electron chi connectivity index (χ0n) is 20.5. The lowest BCUT2D eigenvalue weighted by atomic mass is 10.1. The fraction of sp³-hybridized carbons (Fsp3) is 0.143. The average molecular weight is 495 g/mol. The predicted molar refractivity (Wildman–Crippen MR) is 144 cm³/mol. The van der Waals surface area contributed by atoms with Gasteiger partial charge >= 0.3 is 5.69 Å². The molecule has 5 rings (SSSR count). The van der Waals surface area contributed by atoms with E-state index in [0.717, 1.165) is 28.0 Å². The van der Waals surface area contributed by atoms with Crippen LogP contribution in [0.1, 0.15) is 22.3 Å². The van der Waals surface area contributed by atoms with Gasteiger partial charge < -0.3 is 4.74 Å². The Hall–Kier alpha value is -4.92. The summed E-state index contributed by atoms with van der Waals surface area (Å²) in [5.74, 6) is 1.11. The van der Waals surface area contributed by atoms with Gasteiger partial charge in [0.15, 0.2) is 11.2 Å². The number of ether oxygens (including phenoxy) is 1. The lowest BCUT2D eigenvalue weighted by molar-refractivity contribution is 0.306. The number of hydrazone groups is 1. The summed E-state index contributed by atoms with van der Waals surface area (Å²) in [6.45, 7) is 2.89. The first-order valence-corrected chi connectivity index (χ1v) is 11.8. The molecule has 37 heavy (non-hydrogen) atoms. The Kier molecular flexibility index (Phi) is 6.67. The SMILES string of the molecule is Cc1ccccc1Cn1c(N/N=C\c2ccc(OCc3ccccc3)cc2)nc2c1c(=O)[nH]c(=O)n2C. The third-order valence-electron chi connectivity index (χ3n) is 6.10. The number of nitrogens with zero attached hydrogens (tertiary/aromatic N) is 4. The van der Waals surface area contributed by atoms with Crippen LogP contribution in [-0.2, 0) is 20.2 Å². The summed E-state index contributed by atoms with van der Waals surface area (Å²) in [6.07, 6.45) is 1.65. The maximum atomic E-state index is 12.7. The third-order valence-corrected chi connectivity index (χ3v) is 6.10. The van der Waals surface area contributed by atoms with Gasteiger partial charge in [0.2, 0.25) is 5.95 Å². The van der Waals surface area contributed by atoms with Crippen LogP contribution in [0, 0.1) is 6.92 Å². The Labute approximate surface area is 212 Å². The van der Waals surface area contributed by atoms with E-state index in [1.807, 2.05) is 85.8 Å². The minimum Gasteiger partial charge on any atom is -0.489 e. The molecule has 0 saturated heterocycles. The van der Waals surface area contributed by atoms with Crippen molar-refractivity contribution in [1.82, 2.24) is 19.1 Å². The van der Waals surface area contributed by atoms with Crippen LogP contribution in [0.4, 0.5) is 5.95 Å². The minimum atomic E-state index is -0.525. The lowest BCUT2D eigenvalue weighted by Crippen LogP contribution is -2.29. The van der Waals surface area contributed by atoms with E-state index in [1.54, 1.807) is 17.8 Å². The summed E-state index contributed by atoms with van der Waals surface area (Å²) in [4.78, 5) is 31.7. The number of benzene rings is 3. The second-order valence-corrected chi connectivity index (χ2v) is 8.65. The van der Waals surface area contributed by atoms with E-state index in [9.17, 15) is 9.59 Å². The molecule has 0 amide bonds. The van der Waals surface area contributed by atoms with E-state index < -0.39 is 11.2 Å². The summed E-state index contributed by atoms with van der Waals surface area (Å²) in [7, 11) is 1.57. The highest BCUT2D eigenvalue weighted by Gasteiger charge is 2.18. The van der Waals surface area contributed by atoms with E-state index in [0.29, 0.717) is 24.6 Å². The number of rotatable bonds is 8. The van der Waals surface area contributed by atoms with E-state index in [4.69, 9.17) is 4.74 Å². The molecule has 3 aromatic carbocycles. The van der Waals surface area contributed by atoms with Crippen molar-refractivity contribution < 1.29 is 4.74 Å². The Balaban J connectivity index is 1.38. The molecule has 2 heterocycles. The number of hydrogen-bond donors (Lipinski definition) is 2. The van der Waals surface area contributed by atoms with Gasteiger partial charge in [0.05, 0.1) is 12.8 Å². The van der Waals surface area contributed by atoms with Crippen molar-refractivity contribution in [2.75, 3.05) is 5.43 Å². The van der Waals surface area contributed by atoms with Crippen LogP contribution in [0.3, 0.4) is 0 Å². The maximum absolute atomic E-state index is 12.7. The average Bonchev–Trinajstić information content (AvgIpc) is 3.27. The molecule has 9 nitrogen and oxygen atoms in total. The Bertz CT molecular complexity index is 1680. The van der Waals surface area contributed by atoms with Gasteiger partial charge in [0, 0.05) is 7.05 Å². The zero-order chi connectivity index (χ0) is 25.8. The van der Waals surface area contributed by atoms with E-state index in [-0.39, 0.29) is 5.65 Å². The van der Waals surface area contributed by atoms with Crippen molar-refractivity contribution >= 4 is 23.3 Å². The summed E-state index contributed by atoms with van der Waals surface area (Å²) in [5.41, 5.74) is 6.55. The van der Waals surface area contributed by atoms with Gasteiger partial charge in [-0.2, -0.15) is 10.1 Å². The number of aryl methyl sites for hydroxylation is 2. The Morgan fingerprint density at radius 3 is 2.49 bits per heavy atom. The Morgan fingerprint density at radius 1 is 1.00 bits per heavy atom. The van der Waals surface area contributed by atoms with Crippen LogP contribution < -0.4 is 21.4 Å². The Morgan fingerprint density at radius 2 is 1.73 bits per heavy atom. The highest BCUT2D eigenvalue weighted by Crippen LogP contribution is 2.19. The van der Waals surface area contributed by atoms with Crippen LogP contribution in [-0.4, -0.2) is 25.3 Å². The molecule has 0 fully saturated rings. The van der Waals surface area contributed by atoms with Crippen LogP contribution >= 0.6 is 0 Å². The summed E-state index contributed by atoms with van der Waals surface area (Å²) in [6, 6.07) is 25.4. The molecule has 0 atom stereocenters. The van der Waals surface area contributed by atoms with Gasteiger partial charge in [-0.25, -0.2) is 10.2 Å². The predicted octanol–water partition coefficient (Wildman–Crippen LogP) is 3.81. The van der Waals surface area contributed by atoms with Gasteiger partial charge in [-0.1, -0.05) is 54.6 Å². The summed E-state index contributed by atoms with van der Waals surface area (Å²) in [5, 5.41) is 4.34. The minimum absolute atomic E-state index is 0.278. The number of aromatic nitrogens is 4. The molecule has 0 spiro atoms. The van der Waals surface area contributed by atoms with Crippen molar-refractivity contribution in [3.05, 3.63) is 122 Å². The van der Waals surface area contributed by atoms with Crippen LogP contribution in [0.25, 0.3) is 11.2 Å². The third kappa shape index (κ3) is 5.20. The number of aromatic amines is 1. The van der Waals surface area contributed by atoms with Gasteiger partial charge in [-0.3, -0.25) is 18.9 Å². The second-order valence-electron chi connectivity index (χ2n) is 8.65. The van der Waals surface area contributed by atoms with E-state index in [2.05, 4.69) is 20.5 Å². The molecule has 186 valence electrons. The van der Waals surface area contributed by atoms with Crippen LogP contribution in [0.2, 0.25) is 0 Å². The number of anilines is 1. The van der Waals surface area contributed by atoms with Gasteiger partial charge in [-0.15, -0.1) is 0 Å². The van der Waals surface area contributed by atoms with E-state index >= 15 is 0 Å². The highest BCUT2D eigenvalue weighted by molar-refractivity contribution is 5.80. The quantitative estimate of drug-likeness (QED) is 0.252. The topological polar surface area (TPSA) is 106 Å². The summed E-state index contributed by atoms with van der Waals surface area (Å²) < 4.78 is 8.88. The fourth-order valence-corrected chi connectivity index (χ4v) is 3.99. The molecule has 0 saturated carbocycles. The number of nitrogens with one attached hydrogen (secondary N) is 2. The second kappa shape index (κ2) is 10.4. The van der Waals surface area contributed by atoms with Gasteiger partial charge in [0.25, 0.3) is 5.56 Å². The molecular formula is C28H26N6O3. The molecule has 0 radical (unpaired) electrons. The zero-order valence-corrected chi connectivity index (χ0v) is 20.5. The molecule has 2 aromatic heterocycles. The smallest absolute Gasteiger partial charge is 0.329 e. The largest absolute Gasteiger partial charge is 0.489 e. The first-order chi connectivity index (χ1) is 18.0. The number of H-pyrrole nitrogens is 1. The van der Waals surface area contributed by atoms with Crippen molar-refractivity contribution in [3.63, 3.8) is 0 Å². The first-order valence-electron chi connectivity index (χ1n) is 11.8. The number of hydrogen-bond acceptors (Lipinski definition) is 6. The normalized spacial score (nSPS) is 11.3. The van der Waals surface area contributed by atoms with Crippen molar-refractivity contribution in [1.29, 1.82) is 0 Å². The molecule has 0 aliphatic carbocycles. The molecular weight excluding hydrogens is 468 g/mol. The van der Waals surface area contributed by atoms with Crippen molar-refractivity contribution in [2.45, 2.75) is 20.1 Å². The number of imidazole rings is 1. The lowest BCUT2D eigenvalue weighted by Gasteiger charge is -2.10. The highest BCUT2D eigenvalue weighted by atomic mass is 16.5.